The topological polar surface area (TPSA) is 73.1 Å². The summed E-state index contributed by atoms with van der Waals surface area (Å²) in [6.45, 7) is -0.621. The second-order valence-corrected chi connectivity index (χ2v) is 5.81. The van der Waals surface area contributed by atoms with Crippen LogP contribution in [-0.2, 0) is 4.74 Å². The first-order valence-electron chi connectivity index (χ1n) is 7.74. The molecule has 1 aliphatic rings. The first-order chi connectivity index (χ1) is 11.2. The standard InChI is InChI=1S/C17H21FN4O/c1-23-16(15(19)8-18)12-4-2-11(3-5-12)13-9-20-17(21-10-13)22-14-6-7-14/h2-5,9-10,14-16H,6-8,19H2,1H3,(H,20,21,22)/t15-,16?/m1/s1. The average Bonchev–Trinajstić information content (AvgIpc) is 3.41. The molecule has 1 aliphatic carbocycles. The van der Waals surface area contributed by atoms with Crippen molar-refractivity contribution < 1.29 is 9.13 Å². The Morgan fingerprint density at radius 3 is 2.39 bits per heavy atom. The van der Waals surface area contributed by atoms with E-state index in [-0.39, 0.29) is 0 Å². The number of benzene rings is 1. The number of rotatable bonds is 7. The molecule has 3 N–H and O–H groups in total. The number of anilines is 1. The predicted molar refractivity (Wildman–Crippen MR) is 87.8 cm³/mol. The molecule has 23 heavy (non-hydrogen) atoms. The third kappa shape index (κ3) is 3.83. The van der Waals surface area contributed by atoms with Crippen LogP contribution in [0.3, 0.4) is 0 Å². The lowest BCUT2D eigenvalue weighted by atomic mass is 10.0. The lowest BCUT2D eigenvalue weighted by Crippen LogP contribution is -2.31. The Kier molecular flexibility index (Phi) is 4.83. The maximum Gasteiger partial charge on any atom is 0.222 e. The molecule has 122 valence electrons. The number of aromatic nitrogens is 2. The molecule has 0 aliphatic heterocycles. The van der Waals surface area contributed by atoms with Gasteiger partial charge < -0.3 is 15.8 Å². The van der Waals surface area contributed by atoms with Crippen molar-refractivity contribution in [3.8, 4) is 11.1 Å². The Labute approximate surface area is 135 Å². The van der Waals surface area contributed by atoms with Crippen molar-refractivity contribution in [2.45, 2.75) is 31.0 Å². The number of halogens is 1. The molecular formula is C17H21FN4O. The average molecular weight is 316 g/mol. The van der Waals surface area contributed by atoms with Crippen molar-refractivity contribution >= 4 is 5.95 Å². The minimum absolute atomic E-state index is 0.449. The largest absolute Gasteiger partial charge is 0.375 e. The van der Waals surface area contributed by atoms with E-state index in [1.165, 1.54) is 20.0 Å². The minimum Gasteiger partial charge on any atom is -0.375 e. The van der Waals surface area contributed by atoms with Crippen LogP contribution in [0, 0.1) is 0 Å². The van der Waals surface area contributed by atoms with Gasteiger partial charge in [-0.1, -0.05) is 24.3 Å². The molecule has 6 heteroatoms. The van der Waals surface area contributed by atoms with Crippen LogP contribution in [0.4, 0.5) is 10.3 Å². The van der Waals surface area contributed by atoms with Crippen molar-refractivity contribution in [2.24, 2.45) is 5.73 Å². The zero-order chi connectivity index (χ0) is 16.2. The molecular weight excluding hydrogens is 295 g/mol. The lowest BCUT2D eigenvalue weighted by Gasteiger charge is -2.20. The van der Waals surface area contributed by atoms with E-state index in [1.54, 1.807) is 12.4 Å². The van der Waals surface area contributed by atoms with Crippen molar-refractivity contribution in [3.63, 3.8) is 0 Å². The first-order valence-corrected chi connectivity index (χ1v) is 7.74. The summed E-state index contributed by atoms with van der Waals surface area (Å²) in [6.07, 6.45) is 5.53. The summed E-state index contributed by atoms with van der Waals surface area (Å²) in [5, 5.41) is 3.26. The molecule has 0 amide bonds. The number of hydrogen-bond donors (Lipinski definition) is 2. The Hall–Kier alpha value is -2.05. The van der Waals surface area contributed by atoms with Gasteiger partial charge in [-0.3, -0.25) is 0 Å². The van der Waals surface area contributed by atoms with E-state index in [2.05, 4.69) is 15.3 Å². The summed E-state index contributed by atoms with van der Waals surface area (Å²) in [4.78, 5) is 8.67. The van der Waals surface area contributed by atoms with Crippen molar-refractivity contribution in [3.05, 3.63) is 42.2 Å². The van der Waals surface area contributed by atoms with E-state index >= 15 is 0 Å². The maximum absolute atomic E-state index is 12.8. The third-order valence-electron chi connectivity index (χ3n) is 3.96. The number of nitrogens with two attached hydrogens (primary N) is 1. The molecule has 0 saturated heterocycles. The van der Waals surface area contributed by atoms with Crippen LogP contribution in [0.5, 0.6) is 0 Å². The minimum atomic E-state index is -0.665. The number of alkyl halides is 1. The Bertz CT molecular complexity index is 628. The van der Waals surface area contributed by atoms with E-state index in [0.29, 0.717) is 12.0 Å². The highest BCUT2D eigenvalue weighted by atomic mass is 19.1. The van der Waals surface area contributed by atoms with Gasteiger partial charge in [-0.15, -0.1) is 0 Å². The summed E-state index contributed by atoms with van der Waals surface area (Å²) < 4.78 is 18.1. The van der Waals surface area contributed by atoms with E-state index < -0.39 is 18.8 Å². The molecule has 1 aromatic heterocycles. The zero-order valence-corrected chi connectivity index (χ0v) is 13.1. The fourth-order valence-corrected chi connectivity index (χ4v) is 2.47. The number of nitrogens with one attached hydrogen (secondary N) is 1. The van der Waals surface area contributed by atoms with Crippen molar-refractivity contribution in [1.29, 1.82) is 0 Å². The van der Waals surface area contributed by atoms with Crippen LogP contribution in [0.1, 0.15) is 24.5 Å². The van der Waals surface area contributed by atoms with Gasteiger partial charge in [0, 0.05) is 31.1 Å². The van der Waals surface area contributed by atoms with Crippen LogP contribution in [0.2, 0.25) is 0 Å². The molecule has 1 aromatic carbocycles. The van der Waals surface area contributed by atoms with Gasteiger partial charge in [0.25, 0.3) is 0 Å². The van der Waals surface area contributed by atoms with Crippen LogP contribution < -0.4 is 11.1 Å². The summed E-state index contributed by atoms with van der Waals surface area (Å²) in [6, 6.07) is 7.55. The molecule has 2 atom stereocenters. The van der Waals surface area contributed by atoms with Crippen molar-refractivity contribution in [2.75, 3.05) is 19.1 Å². The fourth-order valence-electron chi connectivity index (χ4n) is 2.47. The van der Waals surface area contributed by atoms with E-state index in [0.717, 1.165) is 16.7 Å². The highest BCUT2D eigenvalue weighted by Gasteiger charge is 2.22. The van der Waals surface area contributed by atoms with Gasteiger partial charge in [0.05, 0.1) is 12.1 Å². The maximum atomic E-state index is 12.8. The molecule has 5 nitrogen and oxygen atoms in total. The highest BCUT2D eigenvalue weighted by Crippen LogP contribution is 2.26. The van der Waals surface area contributed by atoms with Gasteiger partial charge in [0.2, 0.25) is 5.95 Å². The molecule has 1 unspecified atom stereocenters. The second kappa shape index (κ2) is 7.02. The Morgan fingerprint density at radius 2 is 1.87 bits per heavy atom. The molecule has 1 heterocycles. The SMILES string of the molecule is COC(c1ccc(-c2cnc(NC3CC3)nc2)cc1)[C@H](N)CF. The number of hydrogen-bond acceptors (Lipinski definition) is 5. The van der Waals surface area contributed by atoms with Gasteiger partial charge in [-0.05, 0) is 24.0 Å². The van der Waals surface area contributed by atoms with Gasteiger partial charge in [-0.2, -0.15) is 0 Å². The summed E-state index contributed by atoms with van der Waals surface area (Å²) in [5.41, 5.74) is 8.53. The van der Waals surface area contributed by atoms with Crippen LogP contribution >= 0.6 is 0 Å². The predicted octanol–water partition coefficient (Wildman–Crippen LogP) is 2.70. The van der Waals surface area contributed by atoms with Crippen LogP contribution in [-0.4, -0.2) is 35.8 Å². The second-order valence-electron chi connectivity index (χ2n) is 5.81. The van der Waals surface area contributed by atoms with Gasteiger partial charge in [-0.25, -0.2) is 14.4 Å². The summed E-state index contributed by atoms with van der Waals surface area (Å²) in [7, 11) is 1.54. The molecule has 1 fully saturated rings. The van der Waals surface area contributed by atoms with E-state index in [4.69, 9.17) is 10.5 Å². The van der Waals surface area contributed by atoms with Gasteiger partial charge in [0.1, 0.15) is 6.67 Å². The number of ether oxygens (including phenoxy) is 1. The molecule has 0 radical (unpaired) electrons. The molecule has 0 spiro atoms. The normalized spacial score (nSPS) is 16.8. The van der Waals surface area contributed by atoms with Gasteiger partial charge in [0.15, 0.2) is 0 Å². The number of nitrogens with zero attached hydrogens (tertiary/aromatic N) is 2. The molecule has 2 aromatic rings. The van der Waals surface area contributed by atoms with Crippen molar-refractivity contribution in [1.82, 2.24) is 9.97 Å². The highest BCUT2D eigenvalue weighted by molar-refractivity contribution is 5.62. The smallest absolute Gasteiger partial charge is 0.222 e. The number of methoxy groups -OCH3 is 1. The molecule has 3 rings (SSSR count). The van der Waals surface area contributed by atoms with E-state index in [9.17, 15) is 4.39 Å². The van der Waals surface area contributed by atoms with Crippen LogP contribution in [0.25, 0.3) is 11.1 Å². The van der Waals surface area contributed by atoms with Gasteiger partial charge >= 0.3 is 0 Å². The lowest BCUT2D eigenvalue weighted by molar-refractivity contribution is 0.0721. The first kappa shape index (κ1) is 15.8. The van der Waals surface area contributed by atoms with E-state index in [1.807, 2.05) is 24.3 Å². The summed E-state index contributed by atoms with van der Waals surface area (Å²) in [5.74, 6) is 0.668. The molecule has 1 saturated carbocycles. The van der Waals surface area contributed by atoms with Crippen LogP contribution in [0.15, 0.2) is 36.7 Å². The molecule has 0 bridgehead atoms. The Morgan fingerprint density at radius 1 is 1.22 bits per heavy atom. The summed E-state index contributed by atoms with van der Waals surface area (Å²) >= 11 is 0. The third-order valence-corrected chi connectivity index (χ3v) is 3.96. The zero-order valence-electron chi connectivity index (χ0n) is 13.1. The fraction of sp³-hybridized carbons (Fsp3) is 0.412. The monoisotopic (exact) mass is 316 g/mol. The quantitative estimate of drug-likeness (QED) is 0.821. The Balaban J connectivity index is 1.73.